The van der Waals surface area contributed by atoms with Gasteiger partial charge in [0, 0.05) is 19.6 Å². The predicted octanol–water partition coefficient (Wildman–Crippen LogP) is 3.20. The first-order chi connectivity index (χ1) is 8.76. The van der Waals surface area contributed by atoms with Crippen LogP contribution < -0.4 is 10.6 Å². The Morgan fingerprint density at radius 1 is 1.26 bits per heavy atom. The van der Waals surface area contributed by atoms with E-state index in [1.54, 1.807) is 0 Å². The number of nitrogens with one attached hydrogen (secondary N) is 2. The van der Waals surface area contributed by atoms with Crippen molar-refractivity contribution < 1.29 is 0 Å². The number of rotatable bonds is 6. The van der Waals surface area contributed by atoms with E-state index in [9.17, 15) is 0 Å². The van der Waals surface area contributed by atoms with Crippen molar-refractivity contribution in [3.8, 4) is 0 Å². The molecule has 1 rings (SSSR count). The summed E-state index contributed by atoms with van der Waals surface area (Å²) in [6.45, 7) is 5.28. The van der Waals surface area contributed by atoms with Crippen molar-refractivity contribution in [1.29, 1.82) is 0 Å². The summed E-state index contributed by atoms with van der Waals surface area (Å²) in [5.41, 5.74) is 1.39. The first kappa shape index (κ1) is 18.2. The fraction of sp³-hybridized carbons (Fsp3) is 0.533. The maximum absolute atomic E-state index is 4.21. The van der Waals surface area contributed by atoms with Crippen molar-refractivity contribution in [2.75, 3.05) is 13.6 Å². The Morgan fingerprint density at radius 2 is 1.95 bits per heavy atom. The smallest absolute Gasteiger partial charge is 0.191 e. The molecule has 0 amide bonds. The van der Waals surface area contributed by atoms with Gasteiger partial charge in [-0.05, 0) is 31.7 Å². The Balaban J connectivity index is 0.00000324. The molecule has 19 heavy (non-hydrogen) atoms. The molecule has 0 aliphatic rings. The summed E-state index contributed by atoms with van der Waals surface area (Å²) in [5.74, 6) is 0.900. The third-order valence-corrected chi connectivity index (χ3v) is 3.00. The molecule has 1 aromatic carbocycles. The van der Waals surface area contributed by atoms with Crippen molar-refractivity contribution in [3.63, 3.8) is 0 Å². The van der Waals surface area contributed by atoms with Crippen LogP contribution in [0.15, 0.2) is 35.3 Å². The molecule has 3 nitrogen and oxygen atoms in total. The second kappa shape index (κ2) is 11.1. The first-order valence-electron chi connectivity index (χ1n) is 6.77. The van der Waals surface area contributed by atoms with Crippen molar-refractivity contribution in [1.82, 2.24) is 10.6 Å². The molecule has 1 unspecified atom stereocenters. The van der Waals surface area contributed by atoms with Gasteiger partial charge in [0.25, 0.3) is 0 Å². The molecule has 1 atom stereocenters. The van der Waals surface area contributed by atoms with Gasteiger partial charge >= 0.3 is 0 Å². The summed E-state index contributed by atoms with van der Waals surface area (Å²) in [6, 6.07) is 11.0. The molecule has 108 valence electrons. The lowest BCUT2D eigenvalue weighted by Gasteiger charge is -2.16. The minimum absolute atomic E-state index is 0. The van der Waals surface area contributed by atoms with E-state index in [0.717, 1.165) is 31.8 Å². The molecule has 0 spiro atoms. The zero-order valence-electron chi connectivity index (χ0n) is 12.1. The number of aliphatic imine (C=N–C) groups is 1. The van der Waals surface area contributed by atoms with Crippen molar-refractivity contribution in [2.24, 2.45) is 4.99 Å². The maximum atomic E-state index is 4.21. The van der Waals surface area contributed by atoms with Gasteiger partial charge in [0.15, 0.2) is 5.96 Å². The highest BCUT2D eigenvalue weighted by Gasteiger charge is 2.01. The quantitative estimate of drug-likeness (QED) is 0.347. The average Bonchev–Trinajstić information content (AvgIpc) is 2.43. The van der Waals surface area contributed by atoms with Crippen LogP contribution in [0.25, 0.3) is 0 Å². The first-order valence-corrected chi connectivity index (χ1v) is 6.77. The molecule has 2 N–H and O–H groups in total. The van der Waals surface area contributed by atoms with E-state index in [4.69, 9.17) is 0 Å². The molecule has 4 heteroatoms. The fourth-order valence-corrected chi connectivity index (χ4v) is 1.67. The summed E-state index contributed by atoms with van der Waals surface area (Å²) >= 11 is 0. The molecule has 0 heterocycles. The lowest BCUT2D eigenvalue weighted by atomic mass is 10.1. The summed E-state index contributed by atoms with van der Waals surface area (Å²) in [4.78, 5) is 4.21. The molecule has 0 saturated carbocycles. The van der Waals surface area contributed by atoms with Crippen LogP contribution in [0.1, 0.15) is 32.3 Å². The number of hydrogen-bond donors (Lipinski definition) is 2. The number of nitrogens with zero attached hydrogens (tertiary/aromatic N) is 1. The van der Waals surface area contributed by atoms with Crippen LogP contribution in [0, 0.1) is 0 Å². The van der Waals surface area contributed by atoms with Gasteiger partial charge in [-0.3, -0.25) is 4.99 Å². The van der Waals surface area contributed by atoms with E-state index >= 15 is 0 Å². The van der Waals surface area contributed by atoms with Crippen LogP contribution >= 0.6 is 24.0 Å². The number of halogens is 1. The Morgan fingerprint density at radius 3 is 2.53 bits per heavy atom. The molecular weight excluding hydrogens is 349 g/mol. The van der Waals surface area contributed by atoms with E-state index in [1.807, 2.05) is 7.05 Å². The SMILES string of the molecule is CCC(C)NC(=NC)NCCCc1ccccc1.I. The summed E-state index contributed by atoms with van der Waals surface area (Å²) in [5, 5.41) is 6.70. The van der Waals surface area contributed by atoms with E-state index < -0.39 is 0 Å². The highest BCUT2D eigenvalue weighted by Crippen LogP contribution is 2.01. The zero-order chi connectivity index (χ0) is 13.2. The van der Waals surface area contributed by atoms with Crippen LogP contribution in [0.5, 0.6) is 0 Å². The molecule has 0 aromatic heterocycles. The molecular formula is C15H26IN3. The lowest BCUT2D eigenvalue weighted by molar-refractivity contribution is 0.620. The van der Waals surface area contributed by atoms with Crippen LogP contribution in [0.4, 0.5) is 0 Å². The molecule has 0 fully saturated rings. The monoisotopic (exact) mass is 375 g/mol. The van der Waals surface area contributed by atoms with Crippen molar-refractivity contribution >= 4 is 29.9 Å². The van der Waals surface area contributed by atoms with E-state index in [-0.39, 0.29) is 24.0 Å². The van der Waals surface area contributed by atoms with Gasteiger partial charge in [0.05, 0.1) is 0 Å². The van der Waals surface area contributed by atoms with Crippen LogP contribution in [-0.4, -0.2) is 25.6 Å². The normalized spacial score (nSPS) is 12.5. The number of aryl methyl sites for hydroxylation is 1. The number of benzene rings is 1. The second-order valence-corrected chi connectivity index (χ2v) is 4.54. The molecule has 0 aliphatic carbocycles. The van der Waals surface area contributed by atoms with Crippen molar-refractivity contribution in [2.45, 2.75) is 39.2 Å². The van der Waals surface area contributed by atoms with Gasteiger partial charge in [-0.25, -0.2) is 0 Å². The topological polar surface area (TPSA) is 36.4 Å². The van der Waals surface area contributed by atoms with Crippen LogP contribution in [0.2, 0.25) is 0 Å². The van der Waals surface area contributed by atoms with Crippen molar-refractivity contribution in [3.05, 3.63) is 35.9 Å². The van der Waals surface area contributed by atoms with Gasteiger partial charge in [-0.15, -0.1) is 24.0 Å². The van der Waals surface area contributed by atoms with Crippen LogP contribution in [0.3, 0.4) is 0 Å². The Hall–Kier alpha value is -0.780. The van der Waals surface area contributed by atoms with E-state index in [2.05, 4.69) is 59.8 Å². The zero-order valence-corrected chi connectivity index (χ0v) is 14.5. The van der Waals surface area contributed by atoms with E-state index in [0.29, 0.717) is 6.04 Å². The standard InChI is InChI=1S/C15H25N3.HI/c1-4-13(2)18-15(16-3)17-12-8-11-14-9-6-5-7-10-14;/h5-7,9-10,13H,4,8,11-12H2,1-3H3,(H2,16,17,18);1H. The Labute approximate surface area is 134 Å². The molecule has 0 bridgehead atoms. The third kappa shape index (κ3) is 8.08. The maximum Gasteiger partial charge on any atom is 0.191 e. The van der Waals surface area contributed by atoms with Gasteiger partial charge in [0.1, 0.15) is 0 Å². The summed E-state index contributed by atoms with van der Waals surface area (Å²) in [6.07, 6.45) is 3.32. The summed E-state index contributed by atoms with van der Waals surface area (Å²) < 4.78 is 0. The van der Waals surface area contributed by atoms with Gasteiger partial charge in [-0.2, -0.15) is 0 Å². The molecule has 0 saturated heterocycles. The average molecular weight is 375 g/mol. The van der Waals surface area contributed by atoms with Gasteiger partial charge in [0.2, 0.25) is 0 Å². The number of hydrogen-bond acceptors (Lipinski definition) is 1. The Kier molecular flexibility index (Phi) is 10.6. The van der Waals surface area contributed by atoms with Crippen LogP contribution in [-0.2, 0) is 6.42 Å². The number of guanidine groups is 1. The molecule has 0 radical (unpaired) electrons. The molecule has 0 aliphatic heterocycles. The highest BCUT2D eigenvalue weighted by molar-refractivity contribution is 14.0. The fourth-order valence-electron chi connectivity index (χ4n) is 1.67. The lowest BCUT2D eigenvalue weighted by Crippen LogP contribution is -2.42. The predicted molar refractivity (Wildman–Crippen MR) is 94.4 cm³/mol. The minimum atomic E-state index is 0. The highest BCUT2D eigenvalue weighted by atomic mass is 127. The Bertz CT molecular complexity index is 352. The summed E-state index contributed by atoms with van der Waals surface area (Å²) in [7, 11) is 1.81. The second-order valence-electron chi connectivity index (χ2n) is 4.54. The largest absolute Gasteiger partial charge is 0.356 e. The van der Waals surface area contributed by atoms with E-state index in [1.165, 1.54) is 5.56 Å². The third-order valence-electron chi connectivity index (χ3n) is 3.00. The molecule has 1 aromatic rings. The van der Waals surface area contributed by atoms with Gasteiger partial charge in [-0.1, -0.05) is 37.3 Å². The van der Waals surface area contributed by atoms with Gasteiger partial charge < -0.3 is 10.6 Å². The minimum Gasteiger partial charge on any atom is -0.356 e.